The lowest BCUT2D eigenvalue weighted by atomic mass is 9.96. The Kier molecular flexibility index (Phi) is 3.26. The predicted molar refractivity (Wildman–Crippen MR) is 48.9 cm³/mol. The van der Waals surface area contributed by atoms with E-state index >= 15 is 0 Å². The maximum atomic E-state index is 10.8. The van der Waals surface area contributed by atoms with Crippen molar-refractivity contribution in [2.45, 2.75) is 39.5 Å². The SMILES string of the molecule is CCCC(C)C1=NNC(=O)CC1. The molecule has 1 unspecified atom stereocenters. The van der Waals surface area contributed by atoms with Gasteiger partial charge in [-0.1, -0.05) is 20.3 Å². The highest BCUT2D eigenvalue weighted by atomic mass is 16.2. The average Bonchev–Trinajstić information content (AvgIpc) is 2.06. The van der Waals surface area contributed by atoms with Gasteiger partial charge in [-0.25, -0.2) is 5.43 Å². The zero-order chi connectivity index (χ0) is 8.97. The largest absolute Gasteiger partial charge is 0.273 e. The van der Waals surface area contributed by atoms with Gasteiger partial charge in [-0.15, -0.1) is 0 Å². The van der Waals surface area contributed by atoms with Crippen molar-refractivity contribution in [3.63, 3.8) is 0 Å². The third kappa shape index (κ3) is 2.32. The van der Waals surface area contributed by atoms with Crippen LogP contribution >= 0.6 is 0 Å². The first-order valence-corrected chi connectivity index (χ1v) is 4.59. The first kappa shape index (κ1) is 9.23. The van der Waals surface area contributed by atoms with Crippen molar-refractivity contribution in [1.29, 1.82) is 0 Å². The maximum Gasteiger partial charge on any atom is 0.240 e. The van der Waals surface area contributed by atoms with E-state index in [2.05, 4.69) is 24.4 Å². The number of hydrazone groups is 1. The summed E-state index contributed by atoms with van der Waals surface area (Å²) in [5.41, 5.74) is 3.67. The fraction of sp³-hybridized carbons (Fsp3) is 0.778. The summed E-state index contributed by atoms with van der Waals surface area (Å²) in [6.07, 6.45) is 3.78. The van der Waals surface area contributed by atoms with E-state index in [0.29, 0.717) is 12.3 Å². The lowest BCUT2D eigenvalue weighted by molar-refractivity contribution is -0.121. The molecule has 0 aromatic rings. The molecular weight excluding hydrogens is 152 g/mol. The van der Waals surface area contributed by atoms with E-state index in [1.165, 1.54) is 6.42 Å². The Balaban J connectivity index is 2.46. The minimum atomic E-state index is 0.0439. The number of hydrogen-bond acceptors (Lipinski definition) is 2. The van der Waals surface area contributed by atoms with E-state index in [4.69, 9.17) is 0 Å². The van der Waals surface area contributed by atoms with Crippen LogP contribution in [0.4, 0.5) is 0 Å². The summed E-state index contributed by atoms with van der Waals surface area (Å²) in [5.74, 6) is 0.568. The fourth-order valence-electron chi connectivity index (χ4n) is 1.44. The standard InChI is InChI=1S/C9H16N2O/c1-3-4-7(2)8-5-6-9(12)11-10-8/h7H,3-6H2,1-2H3,(H,11,12). The van der Waals surface area contributed by atoms with E-state index in [0.717, 1.165) is 18.6 Å². The molecule has 1 N–H and O–H groups in total. The first-order chi connectivity index (χ1) is 5.74. The summed E-state index contributed by atoms with van der Waals surface area (Å²) < 4.78 is 0. The minimum absolute atomic E-state index is 0.0439. The van der Waals surface area contributed by atoms with Gasteiger partial charge in [0.15, 0.2) is 0 Å². The zero-order valence-electron chi connectivity index (χ0n) is 7.76. The molecule has 1 atom stereocenters. The Morgan fingerprint density at radius 1 is 1.58 bits per heavy atom. The molecular formula is C9H16N2O. The molecule has 3 nitrogen and oxygen atoms in total. The molecule has 68 valence electrons. The van der Waals surface area contributed by atoms with Crippen molar-refractivity contribution >= 4 is 11.6 Å². The van der Waals surface area contributed by atoms with Gasteiger partial charge in [0.1, 0.15) is 0 Å². The van der Waals surface area contributed by atoms with Gasteiger partial charge in [0.2, 0.25) is 5.91 Å². The van der Waals surface area contributed by atoms with Crippen LogP contribution in [0.1, 0.15) is 39.5 Å². The molecule has 1 heterocycles. The number of nitrogens with one attached hydrogen (secondary N) is 1. The third-order valence-corrected chi connectivity index (χ3v) is 2.22. The van der Waals surface area contributed by atoms with Crippen LogP contribution in [0.5, 0.6) is 0 Å². The van der Waals surface area contributed by atoms with Crippen molar-refractivity contribution in [1.82, 2.24) is 5.43 Å². The highest BCUT2D eigenvalue weighted by Gasteiger charge is 2.15. The number of carbonyl (C=O) groups excluding carboxylic acids is 1. The number of nitrogens with zero attached hydrogens (tertiary/aromatic N) is 1. The lowest BCUT2D eigenvalue weighted by Crippen LogP contribution is -2.28. The molecule has 0 fully saturated rings. The molecule has 1 amide bonds. The van der Waals surface area contributed by atoms with Crippen LogP contribution in [0.25, 0.3) is 0 Å². The second kappa shape index (κ2) is 4.24. The molecule has 0 spiro atoms. The van der Waals surface area contributed by atoms with Gasteiger partial charge in [0.05, 0.1) is 0 Å². The van der Waals surface area contributed by atoms with Crippen LogP contribution in [0.2, 0.25) is 0 Å². The smallest absolute Gasteiger partial charge is 0.240 e. The second-order valence-electron chi connectivity index (χ2n) is 3.33. The van der Waals surface area contributed by atoms with Gasteiger partial charge >= 0.3 is 0 Å². The van der Waals surface area contributed by atoms with E-state index in [1.807, 2.05) is 0 Å². The predicted octanol–water partition coefficient (Wildman–Crippen LogP) is 1.69. The number of rotatable bonds is 3. The van der Waals surface area contributed by atoms with Crippen LogP contribution in [-0.4, -0.2) is 11.6 Å². The molecule has 1 aliphatic heterocycles. The molecule has 0 saturated carbocycles. The Hall–Kier alpha value is -0.860. The summed E-state index contributed by atoms with van der Waals surface area (Å²) in [7, 11) is 0. The first-order valence-electron chi connectivity index (χ1n) is 4.59. The van der Waals surface area contributed by atoms with E-state index in [9.17, 15) is 4.79 Å². The third-order valence-electron chi connectivity index (χ3n) is 2.22. The quantitative estimate of drug-likeness (QED) is 0.684. The number of carbonyl (C=O) groups is 1. The Morgan fingerprint density at radius 3 is 2.83 bits per heavy atom. The normalized spacial score (nSPS) is 19.8. The molecule has 3 heteroatoms. The van der Waals surface area contributed by atoms with Gasteiger partial charge in [-0.05, 0) is 18.8 Å². The topological polar surface area (TPSA) is 41.5 Å². The molecule has 1 aliphatic rings. The summed E-state index contributed by atoms with van der Waals surface area (Å²) in [4.78, 5) is 10.8. The van der Waals surface area contributed by atoms with Crippen molar-refractivity contribution in [3.05, 3.63) is 0 Å². The van der Waals surface area contributed by atoms with Crippen LogP contribution in [0, 0.1) is 5.92 Å². The van der Waals surface area contributed by atoms with Crippen molar-refractivity contribution < 1.29 is 4.79 Å². The maximum absolute atomic E-state index is 10.8. The molecule has 0 saturated heterocycles. The number of amides is 1. The molecule has 1 rings (SSSR count). The summed E-state index contributed by atoms with van der Waals surface area (Å²) in [6.45, 7) is 4.33. The summed E-state index contributed by atoms with van der Waals surface area (Å²) in [6, 6.07) is 0. The Bertz CT molecular complexity index is 199. The highest BCUT2D eigenvalue weighted by molar-refractivity contribution is 5.93. The van der Waals surface area contributed by atoms with Crippen molar-refractivity contribution in [3.8, 4) is 0 Å². The van der Waals surface area contributed by atoms with Gasteiger partial charge < -0.3 is 0 Å². The molecule has 12 heavy (non-hydrogen) atoms. The van der Waals surface area contributed by atoms with Crippen LogP contribution in [0.15, 0.2) is 5.10 Å². The van der Waals surface area contributed by atoms with E-state index < -0.39 is 0 Å². The summed E-state index contributed by atoms with van der Waals surface area (Å²) >= 11 is 0. The highest BCUT2D eigenvalue weighted by Crippen LogP contribution is 2.13. The summed E-state index contributed by atoms with van der Waals surface area (Å²) in [5, 5.41) is 4.05. The van der Waals surface area contributed by atoms with E-state index in [1.54, 1.807) is 0 Å². The second-order valence-corrected chi connectivity index (χ2v) is 3.33. The molecule has 0 bridgehead atoms. The fourth-order valence-corrected chi connectivity index (χ4v) is 1.44. The van der Waals surface area contributed by atoms with E-state index in [-0.39, 0.29) is 5.91 Å². The molecule has 0 radical (unpaired) electrons. The van der Waals surface area contributed by atoms with Gasteiger partial charge in [0.25, 0.3) is 0 Å². The zero-order valence-corrected chi connectivity index (χ0v) is 7.76. The molecule has 0 aliphatic carbocycles. The van der Waals surface area contributed by atoms with Crippen LogP contribution < -0.4 is 5.43 Å². The number of hydrogen-bond donors (Lipinski definition) is 1. The lowest BCUT2D eigenvalue weighted by Gasteiger charge is -2.17. The van der Waals surface area contributed by atoms with Gasteiger partial charge in [0, 0.05) is 12.1 Å². The van der Waals surface area contributed by atoms with Gasteiger partial charge in [-0.3, -0.25) is 4.79 Å². The molecule has 0 aromatic heterocycles. The Labute approximate surface area is 73.2 Å². The van der Waals surface area contributed by atoms with Crippen molar-refractivity contribution in [2.75, 3.05) is 0 Å². The van der Waals surface area contributed by atoms with Crippen LogP contribution in [-0.2, 0) is 4.79 Å². The minimum Gasteiger partial charge on any atom is -0.273 e. The monoisotopic (exact) mass is 168 g/mol. The van der Waals surface area contributed by atoms with Crippen molar-refractivity contribution in [2.24, 2.45) is 11.0 Å². The molecule has 0 aromatic carbocycles. The van der Waals surface area contributed by atoms with Gasteiger partial charge in [-0.2, -0.15) is 5.10 Å². The average molecular weight is 168 g/mol. The Morgan fingerprint density at radius 2 is 2.33 bits per heavy atom. The van der Waals surface area contributed by atoms with Crippen LogP contribution in [0.3, 0.4) is 0 Å².